The van der Waals surface area contributed by atoms with Crippen LogP contribution in [-0.2, 0) is 17.1 Å². The SMILES string of the molecule is CC(C)(C(=O)c1cccc(-c2ccc(CP)c(CP)c2)c1)N1CCOCC1. The fourth-order valence-electron chi connectivity index (χ4n) is 3.65. The molecular weight excluding hydrogens is 372 g/mol. The molecule has 3 nitrogen and oxygen atoms in total. The summed E-state index contributed by atoms with van der Waals surface area (Å²) in [5.41, 5.74) is 5.17. The van der Waals surface area contributed by atoms with E-state index in [1.54, 1.807) is 0 Å². The number of carbonyl (C=O) groups excluding carboxylic acids is 1. The number of Topliss-reactive ketones (excluding diaryl/α,β-unsaturated/α-hetero) is 1. The topological polar surface area (TPSA) is 29.5 Å². The molecule has 2 unspecified atom stereocenters. The van der Waals surface area contributed by atoms with Crippen LogP contribution in [0.4, 0.5) is 0 Å². The Hall–Kier alpha value is -1.11. The van der Waals surface area contributed by atoms with E-state index in [-0.39, 0.29) is 5.78 Å². The summed E-state index contributed by atoms with van der Waals surface area (Å²) in [6, 6.07) is 14.6. The van der Waals surface area contributed by atoms with Crippen LogP contribution < -0.4 is 0 Å². The second-order valence-corrected chi connectivity index (χ2v) is 8.28. The van der Waals surface area contributed by atoms with E-state index in [0.29, 0.717) is 13.2 Å². The van der Waals surface area contributed by atoms with Gasteiger partial charge < -0.3 is 4.74 Å². The van der Waals surface area contributed by atoms with Gasteiger partial charge in [0.15, 0.2) is 5.78 Å². The van der Waals surface area contributed by atoms with Gasteiger partial charge in [0.25, 0.3) is 0 Å². The van der Waals surface area contributed by atoms with E-state index in [2.05, 4.69) is 47.6 Å². The fraction of sp³-hybridized carbons (Fsp3) is 0.409. The molecule has 0 radical (unpaired) electrons. The van der Waals surface area contributed by atoms with Crippen LogP contribution >= 0.6 is 18.5 Å². The van der Waals surface area contributed by atoms with Gasteiger partial charge in [0, 0.05) is 18.7 Å². The summed E-state index contributed by atoms with van der Waals surface area (Å²) < 4.78 is 5.44. The summed E-state index contributed by atoms with van der Waals surface area (Å²) in [7, 11) is 5.60. The predicted molar refractivity (Wildman–Crippen MR) is 120 cm³/mol. The zero-order valence-corrected chi connectivity index (χ0v) is 18.5. The van der Waals surface area contributed by atoms with Gasteiger partial charge in [-0.15, -0.1) is 18.5 Å². The van der Waals surface area contributed by atoms with E-state index >= 15 is 0 Å². The van der Waals surface area contributed by atoms with Gasteiger partial charge in [-0.1, -0.05) is 36.4 Å². The maximum Gasteiger partial charge on any atom is 0.182 e. The zero-order valence-electron chi connectivity index (χ0n) is 16.2. The standard InChI is InChI=1S/C22H29NO2P2/c1-22(2,23-8-10-25-11-9-23)21(24)18-5-3-4-16(12-18)17-6-7-19(14-26)20(13-17)15-27/h3-7,12-13H,8-11,14-15,26-27H2,1-2H3. The average Bonchev–Trinajstić information content (AvgIpc) is 2.73. The van der Waals surface area contributed by atoms with Crippen LogP contribution in [0.15, 0.2) is 42.5 Å². The van der Waals surface area contributed by atoms with Crippen molar-refractivity contribution in [3.05, 3.63) is 59.2 Å². The molecule has 0 amide bonds. The van der Waals surface area contributed by atoms with Crippen LogP contribution in [0.25, 0.3) is 11.1 Å². The lowest BCUT2D eigenvalue weighted by molar-refractivity contribution is -0.00429. The van der Waals surface area contributed by atoms with E-state index in [4.69, 9.17) is 4.74 Å². The molecule has 0 aliphatic carbocycles. The summed E-state index contributed by atoms with van der Waals surface area (Å²) in [6.45, 7) is 7.02. The molecule has 1 fully saturated rings. The number of morpholine rings is 1. The molecule has 0 saturated carbocycles. The van der Waals surface area contributed by atoms with Crippen LogP contribution in [0.1, 0.15) is 35.3 Å². The molecule has 2 aromatic carbocycles. The normalized spacial score (nSPS) is 15.7. The highest BCUT2D eigenvalue weighted by Crippen LogP contribution is 2.28. The number of rotatable bonds is 6. The Balaban J connectivity index is 1.90. The van der Waals surface area contributed by atoms with Gasteiger partial charge in [-0.3, -0.25) is 9.69 Å². The molecule has 0 N–H and O–H groups in total. The Bertz CT molecular complexity index is 814. The van der Waals surface area contributed by atoms with Crippen molar-refractivity contribution in [3.8, 4) is 11.1 Å². The van der Waals surface area contributed by atoms with Crippen LogP contribution in [0.2, 0.25) is 0 Å². The smallest absolute Gasteiger partial charge is 0.182 e. The van der Waals surface area contributed by atoms with Gasteiger partial charge in [0.1, 0.15) is 0 Å². The molecule has 1 aliphatic rings. The molecule has 2 atom stereocenters. The van der Waals surface area contributed by atoms with Gasteiger partial charge in [-0.05, 0) is 54.5 Å². The van der Waals surface area contributed by atoms with Crippen LogP contribution in [0, 0.1) is 0 Å². The number of hydrogen-bond acceptors (Lipinski definition) is 3. The molecule has 1 aliphatic heterocycles. The Morgan fingerprint density at radius 1 is 1.00 bits per heavy atom. The van der Waals surface area contributed by atoms with Gasteiger partial charge in [-0.2, -0.15) is 0 Å². The third-order valence-electron chi connectivity index (χ3n) is 5.46. The lowest BCUT2D eigenvalue weighted by Crippen LogP contribution is -2.54. The lowest BCUT2D eigenvalue weighted by atomic mass is 9.89. The summed E-state index contributed by atoms with van der Waals surface area (Å²) >= 11 is 0. The predicted octanol–water partition coefficient (Wildman–Crippen LogP) is 4.40. The van der Waals surface area contributed by atoms with Gasteiger partial charge in [0.2, 0.25) is 0 Å². The quantitative estimate of drug-likeness (QED) is 0.531. The summed E-state index contributed by atoms with van der Waals surface area (Å²) in [4.78, 5) is 15.5. The van der Waals surface area contributed by atoms with Crippen molar-refractivity contribution in [2.45, 2.75) is 31.7 Å². The third-order valence-corrected chi connectivity index (χ3v) is 6.34. The zero-order chi connectivity index (χ0) is 19.4. The highest BCUT2D eigenvalue weighted by atomic mass is 31.0. The van der Waals surface area contributed by atoms with E-state index in [9.17, 15) is 4.79 Å². The first-order chi connectivity index (χ1) is 13.0. The maximum atomic E-state index is 13.3. The van der Waals surface area contributed by atoms with Crippen molar-refractivity contribution in [2.75, 3.05) is 26.3 Å². The molecule has 27 heavy (non-hydrogen) atoms. The molecule has 144 valence electrons. The molecule has 1 heterocycles. The molecule has 0 spiro atoms. The summed E-state index contributed by atoms with van der Waals surface area (Å²) in [6.07, 6.45) is 1.89. The van der Waals surface area contributed by atoms with Crippen LogP contribution in [-0.4, -0.2) is 42.5 Å². The van der Waals surface area contributed by atoms with Crippen LogP contribution in [0.5, 0.6) is 0 Å². The van der Waals surface area contributed by atoms with E-state index in [1.807, 2.05) is 32.0 Å². The monoisotopic (exact) mass is 401 g/mol. The van der Waals surface area contributed by atoms with Gasteiger partial charge in [0.05, 0.1) is 18.8 Å². The third kappa shape index (κ3) is 4.49. The van der Waals surface area contributed by atoms with E-state index in [1.165, 1.54) is 11.1 Å². The molecule has 1 saturated heterocycles. The number of ketones is 1. The highest BCUT2D eigenvalue weighted by molar-refractivity contribution is 7.16. The first-order valence-corrected chi connectivity index (χ1v) is 11.1. The van der Waals surface area contributed by atoms with E-state index in [0.717, 1.165) is 42.1 Å². The number of ether oxygens (including phenoxy) is 1. The number of hydrogen-bond donors (Lipinski definition) is 0. The Labute approximate surface area is 167 Å². The number of carbonyl (C=O) groups is 1. The minimum absolute atomic E-state index is 0.166. The molecule has 5 heteroatoms. The first-order valence-electron chi connectivity index (χ1n) is 9.47. The average molecular weight is 401 g/mol. The maximum absolute atomic E-state index is 13.3. The van der Waals surface area contributed by atoms with Gasteiger partial charge in [-0.25, -0.2) is 0 Å². The van der Waals surface area contributed by atoms with Crippen molar-refractivity contribution < 1.29 is 9.53 Å². The molecular formula is C22H29NO2P2. The number of nitrogens with zero attached hydrogens (tertiary/aromatic N) is 1. The fourth-order valence-corrected chi connectivity index (χ4v) is 4.43. The minimum Gasteiger partial charge on any atom is -0.379 e. The lowest BCUT2D eigenvalue weighted by Gasteiger charge is -2.39. The van der Waals surface area contributed by atoms with Crippen molar-refractivity contribution in [2.24, 2.45) is 0 Å². The van der Waals surface area contributed by atoms with Crippen LogP contribution in [0.3, 0.4) is 0 Å². The Kier molecular flexibility index (Phi) is 6.82. The minimum atomic E-state index is -0.531. The first kappa shape index (κ1) is 20.6. The summed E-state index contributed by atoms with van der Waals surface area (Å²) in [5, 5.41) is 0. The highest BCUT2D eigenvalue weighted by Gasteiger charge is 2.35. The number of benzene rings is 2. The van der Waals surface area contributed by atoms with Crippen molar-refractivity contribution in [3.63, 3.8) is 0 Å². The second kappa shape index (κ2) is 8.93. The van der Waals surface area contributed by atoms with Crippen molar-refractivity contribution in [1.29, 1.82) is 0 Å². The molecule has 0 aromatic heterocycles. The molecule has 3 rings (SSSR count). The largest absolute Gasteiger partial charge is 0.379 e. The summed E-state index contributed by atoms with van der Waals surface area (Å²) in [5.74, 6) is 0.166. The molecule has 2 aromatic rings. The molecule has 0 bridgehead atoms. The van der Waals surface area contributed by atoms with Crippen molar-refractivity contribution >= 4 is 24.3 Å². The van der Waals surface area contributed by atoms with E-state index < -0.39 is 5.54 Å². The van der Waals surface area contributed by atoms with Gasteiger partial charge >= 0.3 is 0 Å². The van der Waals surface area contributed by atoms with Crippen molar-refractivity contribution in [1.82, 2.24) is 4.90 Å². The Morgan fingerprint density at radius 3 is 2.33 bits per heavy atom. The Morgan fingerprint density at radius 2 is 1.67 bits per heavy atom. The second-order valence-electron chi connectivity index (χ2n) is 7.46.